The van der Waals surface area contributed by atoms with Crippen LogP contribution < -0.4 is 10.6 Å². The first kappa shape index (κ1) is 16.4. The lowest BCUT2D eigenvalue weighted by atomic mass is 9.98. The summed E-state index contributed by atoms with van der Waals surface area (Å²) < 4.78 is 1.70. The number of aliphatic imine (C=N–C) groups is 1. The SMILES string of the molecule is CCNC(=NCc1ncnn1C)NCC(O)(CC)CC. The van der Waals surface area contributed by atoms with E-state index in [1.54, 1.807) is 4.68 Å². The third-order valence-electron chi connectivity index (χ3n) is 3.43. The molecule has 0 aliphatic heterocycles. The third-order valence-corrected chi connectivity index (χ3v) is 3.43. The summed E-state index contributed by atoms with van der Waals surface area (Å²) in [4.78, 5) is 8.58. The molecule has 0 fully saturated rings. The number of hydrogen-bond acceptors (Lipinski definition) is 4. The van der Waals surface area contributed by atoms with Gasteiger partial charge in [0.2, 0.25) is 0 Å². The first-order valence-corrected chi connectivity index (χ1v) is 7.12. The molecule has 0 atom stereocenters. The molecule has 3 N–H and O–H groups in total. The summed E-state index contributed by atoms with van der Waals surface area (Å²) in [6.07, 6.45) is 2.93. The van der Waals surface area contributed by atoms with Crippen LogP contribution in [-0.4, -0.2) is 44.5 Å². The predicted molar refractivity (Wildman–Crippen MR) is 79.4 cm³/mol. The van der Waals surface area contributed by atoms with Gasteiger partial charge in [-0.05, 0) is 19.8 Å². The molecule has 0 aromatic carbocycles. The van der Waals surface area contributed by atoms with E-state index >= 15 is 0 Å². The molecular formula is C13H26N6O. The molecule has 1 aromatic heterocycles. The molecule has 7 heteroatoms. The van der Waals surface area contributed by atoms with Crippen molar-refractivity contribution in [2.24, 2.45) is 12.0 Å². The minimum absolute atomic E-state index is 0.447. The molecule has 0 spiro atoms. The number of guanidine groups is 1. The summed E-state index contributed by atoms with van der Waals surface area (Å²) in [7, 11) is 1.84. The maximum absolute atomic E-state index is 10.3. The van der Waals surface area contributed by atoms with Crippen molar-refractivity contribution >= 4 is 5.96 Å². The van der Waals surface area contributed by atoms with Crippen LogP contribution in [0.4, 0.5) is 0 Å². The van der Waals surface area contributed by atoms with E-state index in [0.717, 1.165) is 12.4 Å². The van der Waals surface area contributed by atoms with Gasteiger partial charge in [0.25, 0.3) is 0 Å². The Balaban J connectivity index is 2.62. The predicted octanol–water partition coefficient (Wildman–Crippen LogP) is 0.421. The number of hydrogen-bond donors (Lipinski definition) is 3. The Morgan fingerprint density at radius 3 is 2.55 bits per heavy atom. The smallest absolute Gasteiger partial charge is 0.191 e. The molecule has 1 heterocycles. The van der Waals surface area contributed by atoms with Gasteiger partial charge in [-0.1, -0.05) is 13.8 Å². The number of nitrogens with zero attached hydrogens (tertiary/aromatic N) is 4. The quantitative estimate of drug-likeness (QED) is 0.498. The molecule has 0 aliphatic carbocycles. The van der Waals surface area contributed by atoms with E-state index in [4.69, 9.17) is 0 Å². The average molecular weight is 282 g/mol. The molecule has 1 rings (SSSR count). The summed E-state index contributed by atoms with van der Waals surface area (Å²) in [5, 5.41) is 20.6. The van der Waals surface area contributed by atoms with E-state index in [9.17, 15) is 5.11 Å². The first-order valence-electron chi connectivity index (χ1n) is 7.12. The van der Waals surface area contributed by atoms with Crippen LogP contribution in [0.1, 0.15) is 39.4 Å². The van der Waals surface area contributed by atoms with Crippen LogP contribution in [0.5, 0.6) is 0 Å². The Bertz CT molecular complexity index is 424. The fourth-order valence-corrected chi connectivity index (χ4v) is 1.70. The molecule has 114 valence electrons. The van der Waals surface area contributed by atoms with Gasteiger partial charge in [-0.2, -0.15) is 5.10 Å². The Kier molecular flexibility index (Phi) is 6.44. The minimum Gasteiger partial charge on any atom is -0.388 e. The van der Waals surface area contributed by atoms with Crippen LogP contribution in [0.3, 0.4) is 0 Å². The molecular weight excluding hydrogens is 256 g/mol. The fourth-order valence-electron chi connectivity index (χ4n) is 1.70. The molecule has 0 saturated heterocycles. The lowest BCUT2D eigenvalue weighted by molar-refractivity contribution is 0.0367. The van der Waals surface area contributed by atoms with E-state index in [1.807, 2.05) is 27.8 Å². The number of aliphatic hydroxyl groups is 1. The maximum atomic E-state index is 10.3. The fraction of sp³-hybridized carbons (Fsp3) is 0.769. The summed E-state index contributed by atoms with van der Waals surface area (Å²) in [6.45, 7) is 7.66. The molecule has 0 saturated carbocycles. The summed E-state index contributed by atoms with van der Waals surface area (Å²) in [5.41, 5.74) is -0.693. The van der Waals surface area contributed by atoms with E-state index in [1.165, 1.54) is 6.33 Å². The molecule has 0 amide bonds. The van der Waals surface area contributed by atoms with Crippen molar-refractivity contribution in [3.05, 3.63) is 12.2 Å². The van der Waals surface area contributed by atoms with Crippen molar-refractivity contribution in [2.45, 2.75) is 45.8 Å². The van der Waals surface area contributed by atoms with Crippen LogP contribution in [0, 0.1) is 0 Å². The molecule has 0 unspecified atom stereocenters. The molecule has 0 radical (unpaired) electrons. The zero-order valence-corrected chi connectivity index (χ0v) is 12.8. The van der Waals surface area contributed by atoms with Crippen molar-refractivity contribution in [2.75, 3.05) is 13.1 Å². The normalized spacial score (nSPS) is 12.6. The molecule has 7 nitrogen and oxygen atoms in total. The van der Waals surface area contributed by atoms with Crippen molar-refractivity contribution in [3.63, 3.8) is 0 Å². The lowest BCUT2D eigenvalue weighted by Gasteiger charge is -2.26. The van der Waals surface area contributed by atoms with Gasteiger partial charge in [0, 0.05) is 20.1 Å². The second-order valence-corrected chi connectivity index (χ2v) is 4.78. The van der Waals surface area contributed by atoms with Crippen LogP contribution >= 0.6 is 0 Å². The number of aromatic nitrogens is 3. The van der Waals surface area contributed by atoms with Gasteiger partial charge in [0.15, 0.2) is 5.96 Å². The highest BCUT2D eigenvalue weighted by Gasteiger charge is 2.22. The van der Waals surface area contributed by atoms with Crippen molar-refractivity contribution in [3.8, 4) is 0 Å². The highest BCUT2D eigenvalue weighted by atomic mass is 16.3. The Hall–Kier alpha value is -1.63. The Morgan fingerprint density at radius 2 is 2.05 bits per heavy atom. The zero-order chi connectivity index (χ0) is 15.0. The van der Waals surface area contributed by atoms with E-state index in [-0.39, 0.29) is 0 Å². The molecule has 20 heavy (non-hydrogen) atoms. The van der Waals surface area contributed by atoms with E-state index < -0.39 is 5.60 Å². The van der Waals surface area contributed by atoms with Crippen molar-refractivity contribution in [1.82, 2.24) is 25.4 Å². The van der Waals surface area contributed by atoms with Gasteiger partial charge in [-0.3, -0.25) is 4.68 Å². The van der Waals surface area contributed by atoms with Crippen LogP contribution in [-0.2, 0) is 13.6 Å². The lowest BCUT2D eigenvalue weighted by Crippen LogP contribution is -2.46. The van der Waals surface area contributed by atoms with Gasteiger partial charge < -0.3 is 15.7 Å². The zero-order valence-electron chi connectivity index (χ0n) is 12.8. The van der Waals surface area contributed by atoms with Gasteiger partial charge in [-0.15, -0.1) is 0 Å². The Morgan fingerprint density at radius 1 is 1.35 bits per heavy atom. The molecule has 0 bridgehead atoms. The highest BCUT2D eigenvalue weighted by molar-refractivity contribution is 5.79. The largest absolute Gasteiger partial charge is 0.388 e. The second-order valence-electron chi connectivity index (χ2n) is 4.78. The topological polar surface area (TPSA) is 87.4 Å². The second kappa shape index (κ2) is 7.84. The van der Waals surface area contributed by atoms with Gasteiger partial charge in [0.1, 0.15) is 18.7 Å². The van der Waals surface area contributed by atoms with Crippen LogP contribution in [0.15, 0.2) is 11.3 Å². The summed E-state index contributed by atoms with van der Waals surface area (Å²) in [5.74, 6) is 1.47. The number of aryl methyl sites for hydroxylation is 1. The van der Waals surface area contributed by atoms with Gasteiger partial charge in [0.05, 0.1) is 5.60 Å². The minimum atomic E-state index is -0.693. The number of nitrogens with one attached hydrogen (secondary N) is 2. The van der Waals surface area contributed by atoms with E-state index in [2.05, 4.69) is 25.7 Å². The van der Waals surface area contributed by atoms with Crippen LogP contribution in [0.25, 0.3) is 0 Å². The standard InChI is InChI=1S/C13H26N6O/c1-5-13(20,6-2)9-16-12(14-7-3)15-8-11-17-10-18-19(11)4/h10,20H,5-9H2,1-4H3,(H2,14,15,16). The first-order chi connectivity index (χ1) is 9.54. The summed E-state index contributed by atoms with van der Waals surface area (Å²) >= 11 is 0. The van der Waals surface area contributed by atoms with Gasteiger partial charge in [-0.25, -0.2) is 9.98 Å². The Labute approximate surface area is 120 Å². The third kappa shape index (κ3) is 4.80. The van der Waals surface area contributed by atoms with Gasteiger partial charge >= 0.3 is 0 Å². The van der Waals surface area contributed by atoms with Crippen molar-refractivity contribution < 1.29 is 5.11 Å². The van der Waals surface area contributed by atoms with Crippen molar-refractivity contribution in [1.29, 1.82) is 0 Å². The van der Waals surface area contributed by atoms with E-state index in [0.29, 0.717) is 31.9 Å². The maximum Gasteiger partial charge on any atom is 0.191 e. The molecule has 0 aliphatic rings. The highest BCUT2D eigenvalue weighted by Crippen LogP contribution is 2.12. The monoisotopic (exact) mass is 282 g/mol. The average Bonchev–Trinajstić information content (AvgIpc) is 2.87. The summed E-state index contributed by atoms with van der Waals surface area (Å²) in [6, 6.07) is 0. The molecule has 1 aromatic rings. The number of rotatable bonds is 7. The van der Waals surface area contributed by atoms with Crippen LogP contribution in [0.2, 0.25) is 0 Å².